The van der Waals surface area contributed by atoms with Gasteiger partial charge in [0.2, 0.25) is 11.8 Å². The van der Waals surface area contributed by atoms with Gasteiger partial charge in [-0.1, -0.05) is 0 Å². The molecule has 0 fully saturated rings. The molecule has 2 heterocycles. The van der Waals surface area contributed by atoms with Crippen LogP contribution in [-0.2, 0) is 9.47 Å². The van der Waals surface area contributed by atoms with Gasteiger partial charge in [-0.15, -0.1) is 0 Å². The van der Waals surface area contributed by atoms with Crippen LogP contribution in [-0.4, -0.2) is 50.6 Å². The number of hydrogen-bond donors (Lipinski definition) is 0. The molecule has 2 rings (SSSR count). The van der Waals surface area contributed by atoms with Crippen LogP contribution in [0.3, 0.4) is 0 Å². The number of halogens is 2. The van der Waals surface area contributed by atoms with Crippen molar-refractivity contribution in [3.63, 3.8) is 0 Å². The van der Waals surface area contributed by atoms with E-state index in [1.807, 2.05) is 12.1 Å². The summed E-state index contributed by atoms with van der Waals surface area (Å²) in [7, 11) is 3.27. The van der Waals surface area contributed by atoms with Gasteiger partial charge in [0.15, 0.2) is 0 Å². The summed E-state index contributed by atoms with van der Waals surface area (Å²) < 4.78 is 22.0. The molecule has 0 amide bonds. The van der Waals surface area contributed by atoms with Crippen LogP contribution in [0.25, 0.3) is 0 Å². The first-order valence-corrected chi connectivity index (χ1v) is 8.71. The van der Waals surface area contributed by atoms with Crippen molar-refractivity contribution in [2.24, 2.45) is 0 Å². The van der Waals surface area contributed by atoms with E-state index in [-0.39, 0.29) is 0 Å². The van der Waals surface area contributed by atoms with Crippen LogP contribution in [0.5, 0.6) is 11.8 Å². The fourth-order valence-electron chi connectivity index (χ4n) is 1.35. The summed E-state index contributed by atoms with van der Waals surface area (Å²) in [5, 5.41) is 0. The van der Waals surface area contributed by atoms with Crippen molar-refractivity contribution in [1.29, 1.82) is 0 Å². The van der Waals surface area contributed by atoms with Crippen molar-refractivity contribution < 1.29 is 18.9 Å². The van der Waals surface area contributed by atoms with E-state index in [1.54, 1.807) is 38.7 Å². The van der Waals surface area contributed by atoms with Gasteiger partial charge in [-0.2, -0.15) is 0 Å². The number of ether oxygens (including phenoxy) is 4. The monoisotopic (exact) mass is 462 g/mol. The second-order valence-electron chi connectivity index (χ2n) is 4.31. The molecule has 0 N–H and O–H groups in total. The minimum Gasteiger partial charge on any atom is -0.475 e. The maximum Gasteiger partial charge on any atom is 0.213 e. The van der Waals surface area contributed by atoms with E-state index in [0.29, 0.717) is 38.2 Å². The summed E-state index contributed by atoms with van der Waals surface area (Å²) in [6.45, 7) is 2.23. The van der Waals surface area contributed by atoms with E-state index >= 15 is 0 Å². The largest absolute Gasteiger partial charge is 0.475 e. The Balaban J connectivity index is 0.000000240. The number of pyridine rings is 2. The van der Waals surface area contributed by atoms with E-state index in [0.717, 1.165) is 8.95 Å². The topological polar surface area (TPSA) is 62.7 Å². The van der Waals surface area contributed by atoms with Crippen molar-refractivity contribution in [1.82, 2.24) is 9.97 Å². The molecule has 6 nitrogen and oxygen atoms in total. The lowest BCUT2D eigenvalue weighted by Crippen LogP contribution is -2.04. The van der Waals surface area contributed by atoms with Crippen LogP contribution < -0.4 is 9.47 Å². The third kappa shape index (κ3) is 9.82. The quantitative estimate of drug-likeness (QED) is 0.555. The number of aromatic nitrogens is 2. The summed E-state index contributed by atoms with van der Waals surface area (Å²) in [6, 6.07) is 7.38. The summed E-state index contributed by atoms with van der Waals surface area (Å²) in [5.41, 5.74) is 0. The van der Waals surface area contributed by atoms with E-state index in [1.165, 1.54) is 0 Å². The minimum absolute atomic E-state index is 0.533. The lowest BCUT2D eigenvalue weighted by molar-refractivity contribution is 0.143. The van der Waals surface area contributed by atoms with Crippen LogP contribution in [0.15, 0.2) is 45.6 Å². The average Bonchev–Trinajstić information content (AvgIpc) is 2.59. The van der Waals surface area contributed by atoms with Crippen LogP contribution in [0.4, 0.5) is 0 Å². The van der Waals surface area contributed by atoms with Gasteiger partial charge in [0.1, 0.15) is 13.2 Å². The number of hydrogen-bond acceptors (Lipinski definition) is 6. The van der Waals surface area contributed by atoms with Gasteiger partial charge < -0.3 is 18.9 Å². The second-order valence-corrected chi connectivity index (χ2v) is 6.14. The average molecular weight is 464 g/mol. The molecular weight excluding hydrogens is 444 g/mol. The predicted octanol–water partition coefficient (Wildman–Crippen LogP) is 3.74. The Morgan fingerprint density at radius 1 is 0.708 bits per heavy atom. The van der Waals surface area contributed by atoms with E-state index in [2.05, 4.69) is 41.8 Å². The molecule has 24 heavy (non-hydrogen) atoms. The molecule has 0 saturated carbocycles. The van der Waals surface area contributed by atoms with Crippen LogP contribution in [0.1, 0.15) is 0 Å². The van der Waals surface area contributed by atoms with Gasteiger partial charge in [-0.25, -0.2) is 9.97 Å². The number of nitrogens with zero attached hydrogens (tertiary/aromatic N) is 2. The molecular formula is C16H20Br2N2O4. The molecule has 0 atom stereocenters. The summed E-state index contributed by atoms with van der Waals surface area (Å²) in [6.07, 6.45) is 3.39. The molecule has 8 heteroatoms. The Bertz CT molecular complexity index is 502. The Morgan fingerprint density at radius 2 is 1.12 bits per heavy atom. The normalized spacial score (nSPS) is 9.83. The highest BCUT2D eigenvalue weighted by Gasteiger charge is 1.94. The zero-order valence-electron chi connectivity index (χ0n) is 13.6. The number of rotatable bonds is 8. The van der Waals surface area contributed by atoms with Crippen LogP contribution in [0.2, 0.25) is 0 Å². The van der Waals surface area contributed by atoms with Gasteiger partial charge in [0.25, 0.3) is 0 Å². The van der Waals surface area contributed by atoms with Gasteiger partial charge in [0.05, 0.1) is 13.2 Å². The predicted molar refractivity (Wildman–Crippen MR) is 98.6 cm³/mol. The van der Waals surface area contributed by atoms with Crippen molar-refractivity contribution in [3.8, 4) is 11.8 Å². The smallest absolute Gasteiger partial charge is 0.213 e. The standard InChI is InChI=1S/2C8H10BrNO2/c2*1-11-4-5-12-8-3-2-7(9)6-10-8/h2*2-3,6H,4-5H2,1H3. The van der Waals surface area contributed by atoms with Crippen molar-refractivity contribution >= 4 is 31.9 Å². The maximum absolute atomic E-state index is 5.24. The van der Waals surface area contributed by atoms with Crippen molar-refractivity contribution in [3.05, 3.63) is 45.6 Å². The molecule has 2 aromatic heterocycles. The fraction of sp³-hybridized carbons (Fsp3) is 0.375. The Morgan fingerprint density at radius 3 is 1.42 bits per heavy atom. The van der Waals surface area contributed by atoms with Gasteiger partial charge in [0, 0.05) is 47.7 Å². The van der Waals surface area contributed by atoms with Crippen LogP contribution >= 0.6 is 31.9 Å². The summed E-state index contributed by atoms with van der Waals surface area (Å²) in [5.74, 6) is 1.24. The van der Waals surface area contributed by atoms with Gasteiger partial charge >= 0.3 is 0 Å². The first kappa shape index (κ1) is 20.8. The molecule has 0 saturated heterocycles. The fourth-order valence-corrected chi connectivity index (χ4v) is 1.82. The first-order chi connectivity index (χ1) is 11.7. The third-order valence-electron chi connectivity index (χ3n) is 2.48. The second kappa shape index (κ2) is 13.1. The lowest BCUT2D eigenvalue weighted by Gasteiger charge is -2.03. The maximum atomic E-state index is 5.24. The Kier molecular flexibility index (Phi) is 11.4. The SMILES string of the molecule is COCCOc1ccc(Br)cn1.COCCOc1ccc(Br)cn1. The lowest BCUT2D eigenvalue weighted by atomic mass is 10.5. The molecule has 0 radical (unpaired) electrons. The van der Waals surface area contributed by atoms with E-state index in [9.17, 15) is 0 Å². The molecule has 0 aromatic carbocycles. The highest BCUT2D eigenvalue weighted by Crippen LogP contribution is 2.12. The molecule has 0 unspecified atom stereocenters. The highest BCUT2D eigenvalue weighted by atomic mass is 79.9. The van der Waals surface area contributed by atoms with Crippen molar-refractivity contribution in [2.45, 2.75) is 0 Å². The Hall–Kier alpha value is -1.22. The first-order valence-electron chi connectivity index (χ1n) is 7.12. The zero-order chi connectivity index (χ0) is 17.6. The molecule has 2 aromatic rings. The van der Waals surface area contributed by atoms with Gasteiger partial charge in [-0.05, 0) is 44.0 Å². The van der Waals surface area contributed by atoms with Crippen molar-refractivity contribution in [2.75, 3.05) is 40.6 Å². The summed E-state index contributed by atoms with van der Waals surface area (Å²) >= 11 is 6.57. The third-order valence-corrected chi connectivity index (χ3v) is 3.41. The van der Waals surface area contributed by atoms with E-state index < -0.39 is 0 Å². The minimum atomic E-state index is 0.533. The Labute approximate surface area is 158 Å². The van der Waals surface area contributed by atoms with Crippen LogP contribution in [0, 0.1) is 0 Å². The van der Waals surface area contributed by atoms with E-state index in [4.69, 9.17) is 18.9 Å². The number of methoxy groups -OCH3 is 2. The van der Waals surface area contributed by atoms with Gasteiger partial charge in [-0.3, -0.25) is 0 Å². The highest BCUT2D eigenvalue weighted by molar-refractivity contribution is 9.10. The zero-order valence-corrected chi connectivity index (χ0v) is 16.7. The summed E-state index contributed by atoms with van der Waals surface area (Å²) in [4.78, 5) is 8.05. The molecule has 0 bridgehead atoms. The molecule has 132 valence electrons. The molecule has 0 aliphatic rings. The molecule has 0 aliphatic heterocycles. The molecule has 0 spiro atoms. The molecule has 0 aliphatic carbocycles.